The number of hydrogen-bond donors (Lipinski definition) is 5. The van der Waals surface area contributed by atoms with E-state index in [4.69, 9.17) is 20.4 Å². The minimum Gasteiger partial charge on any atom is -0.481 e. The fourth-order valence-electron chi connectivity index (χ4n) is 1.83. The molecular formula is C10H14O9. The van der Waals surface area contributed by atoms with Crippen molar-refractivity contribution in [2.75, 3.05) is 0 Å². The largest absolute Gasteiger partial charge is 0.481 e. The average molecular weight is 278 g/mol. The van der Waals surface area contributed by atoms with Crippen LogP contribution in [0.5, 0.6) is 0 Å². The van der Waals surface area contributed by atoms with Crippen LogP contribution in [-0.4, -0.2) is 55.5 Å². The van der Waals surface area contributed by atoms with Gasteiger partial charge in [-0.2, -0.15) is 0 Å². The Labute approximate surface area is 107 Å². The monoisotopic (exact) mass is 278 g/mol. The Hall–Kier alpha value is -2.16. The molecule has 0 aliphatic carbocycles. The summed E-state index contributed by atoms with van der Waals surface area (Å²) in [6.45, 7) is 0. The molecule has 0 radical (unpaired) electrons. The van der Waals surface area contributed by atoms with Crippen molar-refractivity contribution in [2.45, 2.75) is 31.8 Å². The fraction of sp³-hybridized carbons (Fsp3) is 0.600. The van der Waals surface area contributed by atoms with Gasteiger partial charge in [0.05, 0.1) is 31.8 Å². The van der Waals surface area contributed by atoms with Crippen LogP contribution >= 0.6 is 0 Å². The van der Waals surface area contributed by atoms with Crippen molar-refractivity contribution in [2.24, 2.45) is 5.41 Å². The summed E-state index contributed by atoms with van der Waals surface area (Å²) in [6, 6.07) is 0. The van der Waals surface area contributed by atoms with Gasteiger partial charge in [0.25, 0.3) is 0 Å². The second-order valence-corrected chi connectivity index (χ2v) is 4.19. The topological polar surface area (TPSA) is 169 Å². The SMILES string of the molecule is O=C(O)CC(O)C(CC(=O)O)(CC(=O)O)CC(=O)O. The van der Waals surface area contributed by atoms with E-state index in [1.54, 1.807) is 0 Å². The van der Waals surface area contributed by atoms with Crippen LogP contribution in [0.25, 0.3) is 0 Å². The fourth-order valence-corrected chi connectivity index (χ4v) is 1.83. The van der Waals surface area contributed by atoms with E-state index in [1.807, 2.05) is 0 Å². The van der Waals surface area contributed by atoms with Crippen LogP contribution in [0.4, 0.5) is 0 Å². The number of hydrogen-bond acceptors (Lipinski definition) is 5. The first-order valence-electron chi connectivity index (χ1n) is 5.14. The second-order valence-electron chi connectivity index (χ2n) is 4.19. The predicted octanol–water partition coefficient (Wildman–Crippen LogP) is -0.768. The molecule has 0 saturated heterocycles. The van der Waals surface area contributed by atoms with E-state index in [9.17, 15) is 24.3 Å². The van der Waals surface area contributed by atoms with Gasteiger partial charge in [-0.1, -0.05) is 0 Å². The van der Waals surface area contributed by atoms with Crippen LogP contribution in [0.3, 0.4) is 0 Å². The molecule has 0 aliphatic heterocycles. The first kappa shape index (κ1) is 16.8. The predicted molar refractivity (Wildman–Crippen MR) is 57.5 cm³/mol. The molecule has 0 saturated carbocycles. The van der Waals surface area contributed by atoms with Crippen LogP contribution < -0.4 is 0 Å². The molecule has 0 aromatic heterocycles. The van der Waals surface area contributed by atoms with Gasteiger partial charge in [0, 0.05) is 5.41 Å². The van der Waals surface area contributed by atoms with Gasteiger partial charge in [0.15, 0.2) is 0 Å². The molecule has 19 heavy (non-hydrogen) atoms. The Bertz CT molecular complexity index is 346. The minimum atomic E-state index is -2.07. The standard InChI is InChI=1S/C10H14O9/c11-5(1-6(12)13)10(2-7(14)15,3-8(16)17)4-9(18)19/h5,11H,1-4H2,(H,12,13)(H,14,15)(H,16,17)(H,18,19). The maximum absolute atomic E-state index is 10.7. The van der Waals surface area contributed by atoms with E-state index in [2.05, 4.69) is 0 Å². The van der Waals surface area contributed by atoms with Crippen molar-refractivity contribution in [3.05, 3.63) is 0 Å². The molecule has 9 nitrogen and oxygen atoms in total. The molecule has 0 aliphatic rings. The van der Waals surface area contributed by atoms with Gasteiger partial charge in [-0.25, -0.2) is 0 Å². The number of aliphatic hydroxyl groups excluding tert-OH is 1. The Morgan fingerprint density at radius 1 is 0.737 bits per heavy atom. The number of rotatable bonds is 9. The third-order valence-electron chi connectivity index (χ3n) is 2.58. The number of aliphatic hydroxyl groups is 1. The zero-order valence-electron chi connectivity index (χ0n) is 9.77. The highest BCUT2D eigenvalue weighted by Crippen LogP contribution is 2.37. The summed E-state index contributed by atoms with van der Waals surface area (Å²) in [5.74, 6) is -6.05. The molecule has 0 spiro atoms. The summed E-state index contributed by atoms with van der Waals surface area (Å²) in [6.07, 6.45) is -5.71. The first-order chi connectivity index (χ1) is 8.59. The zero-order chi connectivity index (χ0) is 15.2. The summed E-state index contributed by atoms with van der Waals surface area (Å²) < 4.78 is 0. The third kappa shape index (κ3) is 5.82. The molecule has 0 bridgehead atoms. The summed E-state index contributed by atoms with van der Waals surface area (Å²) in [7, 11) is 0. The Morgan fingerprint density at radius 2 is 1.05 bits per heavy atom. The lowest BCUT2D eigenvalue weighted by Crippen LogP contribution is -2.42. The lowest BCUT2D eigenvalue weighted by molar-refractivity contribution is -0.158. The van der Waals surface area contributed by atoms with Gasteiger partial charge in [-0.15, -0.1) is 0 Å². The van der Waals surface area contributed by atoms with E-state index < -0.39 is 61.1 Å². The second kappa shape index (κ2) is 6.69. The Morgan fingerprint density at radius 3 is 1.26 bits per heavy atom. The van der Waals surface area contributed by atoms with E-state index in [0.717, 1.165) is 0 Å². The maximum atomic E-state index is 10.7. The van der Waals surface area contributed by atoms with Crippen LogP contribution in [0.2, 0.25) is 0 Å². The van der Waals surface area contributed by atoms with Crippen molar-refractivity contribution in [3.8, 4) is 0 Å². The van der Waals surface area contributed by atoms with Crippen LogP contribution in [0.15, 0.2) is 0 Å². The summed E-state index contributed by atoms with van der Waals surface area (Å²) in [5, 5.41) is 44.4. The lowest BCUT2D eigenvalue weighted by Gasteiger charge is -2.33. The highest BCUT2D eigenvalue weighted by atomic mass is 16.4. The number of aliphatic carboxylic acids is 4. The maximum Gasteiger partial charge on any atom is 0.305 e. The highest BCUT2D eigenvalue weighted by molar-refractivity contribution is 5.76. The molecule has 0 aromatic carbocycles. The molecule has 0 fully saturated rings. The van der Waals surface area contributed by atoms with Crippen LogP contribution in [0, 0.1) is 5.41 Å². The number of carbonyl (C=O) groups is 4. The molecule has 0 amide bonds. The van der Waals surface area contributed by atoms with Gasteiger partial charge in [-0.3, -0.25) is 19.2 Å². The van der Waals surface area contributed by atoms with Gasteiger partial charge < -0.3 is 25.5 Å². The molecule has 108 valence electrons. The molecule has 1 unspecified atom stereocenters. The van der Waals surface area contributed by atoms with Gasteiger partial charge in [0.2, 0.25) is 0 Å². The minimum absolute atomic E-state index is 0.937. The van der Waals surface area contributed by atoms with E-state index in [-0.39, 0.29) is 0 Å². The normalized spacial score (nSPS) is 12.7. The van der Waals surface area contributed by atoms with Gasteiger partial charge in [0.1, 0.15) is 0 Å². The highest BCUT2D eigenvalue weighted by Gasteiger charge is 2.44. The summed E-state index contributed by atoms with van der Waals surface area (Å²) in [5.41, 5.74) is -2.07. The zero-order valence-corrected chi connectivity index (χ0v) is 9.77. The average Bonchev–Trinajstić information content (AvgIpc) is 2.12. The van der Waals surface area contributed by atoms with Crippen molar-refractivity contribution in [1.82, 2.24) is 0 Å². The smallest absolute Gasteiger partial charge is 0.305 e. The lowest BCUT2D eigenvalue weighted by atomic mass is 9.72. The van der Waals surface area contributed by atoms with Crippen molar-refractivity contribution < 1.29 is 44.7 Å². The first-order valence-corrected chi connectivity index (χ1v) is 5.14. The third-order valence-corrected chi connectivity index (χ3v) is 2.58. The molecule has 5 N–H and O–H groups in total. The van der Waals surface area contributed by atoms with Gasteiger partial charge in [-0.05, 0) is 0 Å². The van der Waals surface area contributed by atoms with Gasteiger partial charge >= 0.3 is 23.9 Å². The van der Waals surface area contributed by atoms with E-state index in [1.165, 1.54) is 0 Å². The Balaban J connectivity index is 5.42. The number of carboxylic acid groups (broad SMARTS) is 4. The number of carboxylic acids is 4. The van der Waals surface area contributed by atoms with Crippen molar-refractivity contribution in [1.29, 1.82) is 0 Å². The van der Waals surface area contributed by atoms with Crippen molar-refractivity contribution >= 4 is 23.9 Å². The van der Waals surface area contributed by atoms with Crippen LogP contribution in [-0.2, 0) is 19.2 Å². The molecule has 1 atom stereocenters. The molecular weight excluding hydrogens is 264 g/mol. The molecule has 0 heterocycles. The van der Waals surface area contributed by atoms with E-state index >= 15 is 0 Å². The van der Waals surface area contributed by atoms with E-state index in [0.29, 0.717) is 0 Å². The molecule has 0 rings (SSSR count). The summed E-state index contributed by atoms with van der Waals surface area (Å²) >= 11 is 0. The quantitative estimate of drug-likeness (QED) is 0.363. The van der Waals surface area contributed by atoms with Crippen molar-refractivity contribution in [3.63, 3.8) is 0 Å². The summed E-state index contributed by atoms with van der Waals surface area (Å²) in [4.78, 5) is 42.7. The molecule has 9 heteroatoms. The molecule has 0 aromatic rings. The van der Waals surface area contributed by atoms with Crippen LogP contribution in [0.1, 0.15) is 25.7 Å². The Kier molecular flexibility index (Phi) is 5.93.